The number of anilines is 1. The van der Waals surface area contributed by atoms with Crippen molar-refractivity contribution in [2.24, 2.45) is 0 Å². The van der Waals surface area contributed by atoms with Gasteiger partial charge in [0.2, 0.25) is 0 Å². The van der Waals surface area contributed by atoms with Crippen molar-refractivity contribution < 1.29 is 8.78 Å². The zero-order chi connectivity index (χ0) is 14.8. The molecule has 0 aliphatic heterocycles. The molecule has 21 heavy (non-hydrogen) atoms. The Morgan fingerprint density at radius 2 is 1.86 bits per heavy atom. The summed E-state index contributed by atoms with van der Waals surface area (Å²) in [7, 11) is 0. The van der Waals surface area contributed by atoms with E-state index in [0.717, 1.165) is 5.56 Å². The predicted octanol–water partition coefficient (Wildman–Crippen LogP) is 3.46. The van der Waals surface area contributed by atoms with Gasteiger partial charge in [0, 0.05) is 11.8 Å². The molecule has 0 aliphatic carbocycles. The van der Waals surface area contributed by atoms with Crippen LogP contribution in [0.1, 0.15) is 5.56 Å². The molecule has 0 radical (unpaired) electrons. The molecule has 0 saturated heterocycles. The first-order chi connectivity index (χ1) is 10.1. The van der Waals surface area contributed by atoms with Crippen LogP contribution in [0.2, 0.25) is 0 Å². The average molecular weight is 285 g/mol. The van der Waals surface area contributed by atoms with Gasteiger partial charge in [0.05, 0.1) is 12.2 Å². The van der Waals surface area contributed by atoms with Gasteiger partial charge in [-0.15, -0.1) is 0 Å². The molecule has 0 bridgehead atoms. The molecule has 5 heteroatoms. The molecule has 1 heterocycles. The lowest BCUT2D eigenvalue weighted by Gasteiger charge is -2.02. The van der Waals surface area contributed by atoms with Gasteiger partial charge in [0.25, 0.3) is 0 Å². The third-order valence-corrected chi connectivity index (χ3v) is 3.15. The fourth-order valence-electron chi connectivity index (χ4n) is 2.20. The molecule has 2 aromatic carbocycles. The summed E-state index contributed by atoms with van der Waals surface area (Å²) in [5.74, 6) is -0.679. The molecule has 0 amide bonds. The molecule has 3 nitrogen and oxygen atoms in total. The molecule has 106 valence electrons. The second-order valence-electron chi connectivity index (χ2n) is 4.74. The first kappa shape index (κ1) is 13.3. The van der Waals surface area contributed by atoms with Gasteiger partial charge in [-0.2, -0.15) is 5.10 Å². The molecular weight excluding hydrogens is 272 g/mol. The number of halogens is 2. The van der Waals surface area contributed by atoms with Crippen LogP contribution >= 0.6 is 0 Å². The molecule has 0 spiro atoms. The molecule has 0 unspecified atom stereocenters. The van der Waals surface area contributed by atoms with Crippen LogP contribution in [0.15, 0.2) is 54.7 Å². The molecule has 2 N–H and O–H groups in total. The zero-order valence-corrected chi connectivity index (χ0v) is 11.1. The standard InChI is InChI=1S/C16H13F2N3/c17-12-5-3-4-11(8-12)9-21-10-15(19)16(20-21)13-6-1-2-7-14(13)18/h1-8,10H,9,19H2. The van der Waals surface area contributed by atoms with Crippen LogP contribution in [0.5, 0.6) is 0 Å². The highest BCUT2D eigenvalue weighted by Gasteiger charge is 2.12. The smallest absolute Gasteiger partial charge is 0.132 e. The van der Waals surface area contributed by atoms with Gasteiger partial charge in [-0.3, -0.25) is 4.68 Å². The van der Waals surface area contributed by atoms with E-state index in [0.29, 0.717) is 23.5 Å². The third kappa shape index (κ3) is 2.76. The second kappa shape index (κ2) is 5.36. The molecule has 0 saturated carbocycles. The first-order valence-electron chi connectivity index (χ1n) is 6.46. The molecule has 1 aromatic heterocycles. The maximum atomic E-state index is 13.8. The fraction of sp³-hybridized carbons (Fsp3) is 0.0625. The van der Waals surface area contributed by atoms with Crippen LogP contribution in [0, 0.1) is 11.6 Å². The maximum Gasteiger partial charge on any atom is 0.132 e. The van der Waals surface area contributed by atoms with Crippen molar-refractivity contribution in [1.82, 2.24) is 9.78 Å². The third-order valence-electron chi connectivity index (χ3n) is 3.15. The number of nitrogen functional groups attached to an aromatic ring is 1. The highest BCUT2D eigenvalue weighted by Crippen LogP contribution is 2.26. The van der Waals surface area contributed by atoms with Gasteiger partial charge in [-0.05, 0) is 29.8 Å². The van der Waals surface area contributed by atoms with Crippen LogP contribution in [-0.2, 0) is 6.54 Å². The predicted molar refractivity (Wildman–Crippen MR) is 77.5 cm³/mol. The monoisotopic (exact) mass is 285 g/mol. The SMILES string of the molecule is Nc1cn(Cc2cccc(F)c2)nc1-c1ccccc1F. The summed E-state index contributed by atoms with van der Waals surface area (Å²) in [5.41, 5.74) is 7.80. The molecular formula is C16H13F2N3. The number of hydrogen-bond acceptors (Lipinski definition) is 2. The Hall–Kier alpha value is -2.69. The van der Waals surface area contributed by atoms with Crippen LogP contribution in [-0.4, -0.2) is 9.78 Å². The molecule has 3 rings (SSSR count). The van der Waals surface area contributed by atoms with E-state index in [-0.39, 0.29) is 11.6 Å². The molecule has 0 aliphatic rings. The van der Waals surface area contributed by atoms with Crippen molar-refractivity contribution >= 4 is 5.69 Å². The Morgan fingerprint density at radius 3 is 2.62 bits per heavy atom. The highest BCUT2D eigenvalue weighted by molar-refractivity contribution is 5.72. The zero-order valence-electron chi connectivity index (χ0n) is 11.1. The summed E-state index contributed by atoms with van der Waals surface area (Å²) in [6, 6.07) is 12.6. The van der Waals surface area contributed by atoms with Crippen LogP contribution in [0.4, 0.5) is 14.5 Å². The minimum Gasteiger partial charge on any atom is -0.396 e. The molecule has 3 aromatic rings. The number of aromatic nitrogens is 2. The van der Waals surface area contributed by atoms with Gasteiger partial charge >= 0.3 is 0 Å². The van der Waals surface area contributed by atoms with E-state index < -0.39 is 0 Å². The Labute approximate surface area is 120 Å². The number of nitrogens with zero attached hydrogens (tertiary/aromatic N) is 2. The topological polar surface area (TPSA) is 43.8 Å². The van der Waals surface area contributed by atoms with E-state index in [9.17, 15) is 8.78 Å². The summed E-state index contributed by atoms with van der Waals surface area (Å²) >= 11 is 0. The van der Waals surface area contributed by atoms with E-state index >= 15 is 0 Å². The van der Waals surface area contributed by atoms with Gasteiger partial charge in [-0.25, -0.2) is 8.78 Å². The van der Waals surface area contributed by atoms with Crippen LogP contribution in [0.25, 0.3) is 11.3 Å². The summed E-state index contributed by atoms with van der Waals surface area (Å²) in [6.07, 6.45) is 1.62. The minimum absolute atomic E-state index is 0.304. The van der Waals surface area contributed by atoms with Crippen molar-refractivity contribution in [3.05, 3.63) is 71.9 Å². The van der Waals surface area contributed by atoms with E-state index in [1.165, 1.54) is 18.2 Å². The van der Waals surface area contributed by atoms with E-state index in [1.54, 1.807) is 41.2 Å². The van der Waals surface area contributed by atoms with E-state index in [2.05, 4.69) is 5.10 Å². The quantitative estimate of drug-likeness (QED) is 0.801. The Kier molecular flexibility index (Phi) is 3.39. The number of nitrogens with two attached hydrogens (primary N) is 1. The number of hydrogen-bond donors (Lipinski definition) is 1. The fourth-order valence-corrected chi connectivity index (χ4v) is 2.20. The molecule has 0 fully saturated rings. The van der Waals surface area contributed by atoms with Crippen LogP contribution < -0.4 is 5.73 Å². The highest BCUT2D eigenvalue weighted by atomic mass is 19.1. The van der Waals surface area contributed by atoms with Gasteiger partial charge in [-0.1, -0.05) is 24.3 Å². The minimum atomic E-state index is -0.375. The number of benzene rings is 2. The van der Waals surface area contributed by atoms with Crippen LogP contribution in [0.3, 0.4) is 0 Å². The average Bonchev–Trinajstić information content (AvgIpc) is 2.80. The Bertz CT molecular complexity index is 781. The second-order valence-corrected chi connectivity index (χ2v) is 4.74. The lowest BCUT2D eigenvalue weighted by molar-refractivity contribution is 0.618. The van der Waals surface area contributed by atoms with Crippen molar-refractivity contribution in [2.45, 2.75) is 6.54 Å². The van der Waals surface area contributed by atoms with Crippen molar-refractivity contribution in [1.29, 1.82) is 0 Å². The van der Waals surface area contributed by atoms with Gasteiger partial charge in [0.1, 0.15) is 17.3 Å². The summed E-state index contributed by atoms with van der Waals surface area (Å²) in [5, 5.41) is 4.30. The van der Waals surface area contributed by atoms with E-state index in [4.69, 9.17) is 5.73 Å². The summed E-state index contributed by atoms with van der Waals surface area (Å²) in [6.45, 7) is 0.371. The summed E-state index contributed by atoms with van der Waals surface area (Å²) < 4.78 is 28.5. The normalized spacial score (nSPS) is 10.8. The molecule has 0 atom stereocenters. The van der Waals surface area contributed by atoms with Crippen molar-refractivity contribution in [3.8, 4) is 11.3 Å². The lowest BCUT2D eigenvalue weighted by atomic mass is 10.1. The maximum absolute atomic E-state index is 13.8. The van der Waals surface area contributed by atoms with E-state index in [1.807, 2.05) is 0 Å². The van der Waals surface area contributed by atoms with Gasteiger partial charge in [0.15, 0.2) is 0 Å². The first-order valence-corrected chi connectivity index (χ1v) is 6.46. The largest absolute Gasteiger partial charge is 0.396 e. The van der Waals surface area contributed by atoms with Crippen molar-refractivity contribution in [2.75, 3.05) is 5.73 Å². The number of rotatable bonds is 3. The Morgan fingerprint density at radius 1 is 1.05 bits per heavy atom. The Balaban J connectivity index is 1.93. The lowest BCUT2D eigenvalue weighted by Crippen LogP contribution is -2.00. The van der Waals surface area contributed by atoms with Gasteiger partial charge < -0.3 is 5.73 Å². The van der Waals surface area contributed by atoms with Crippen molar-refractivity contribution in [3.63, 3.8) is 0 Å². The summed E-state index contributed by atoms with van der Waals surface area (Å²) in [4.78, 5) is 0.